The summed E-state index contributed by atoms with van der Waals surface area (Å²) in [6, 6.07) is 0. The molecule has 0 radical (unpaired) electrons. The third-order valence-electron chi connectivity index (χ3n) is 1.83. The SMILES string of the molecule is CCCCCCCOC(=O)C(F)=C(F)F. The van der Waals surface area contributed by atoms with Crippen LogP contribution in [0.1, 0.15) is 39.0 Å². The van der Waals surface area contributed by atoms with Gasteiger partial charge in [0, 0.05) is 0 Å². The van der Waals surface area contributed by atoms with Gasteiger partial charge in [-0.3, -0.25) is 0 Å². The lowest BCUT2D eigenvalue weighted by Gasteiger charge is -2.02. The molecule has 0 bridgehead atoms. The predicted molar refractivity (Wildman–Crippen MR) is 50.1 cm³/mol. The maximum Gasteiger partial charge on any atom is 0.372 e. The van der Waals surface area contributed by atoms with Gasteiger partial charge in [-0.2, -0.15) is 13.2 Å². The van der Waals surface area contributed by atoms with Crippen molar-refractivity contribution in [2.75, 3.05) is 6.61 Å². The number of halogens is 3. The molecule has 0 amide bonds. The van der Waals surface area contributed by atoms with E-state index in [1.807, 2.05) is 0 Å². The summed E-state index contributed by atoms with van der Waals surface area (Å²) >= 11 is 0. The Morgan fingerprint density at radius 2 is 1.67 bits per heavy atom. The van der Waals surface area contributed by atoms with Crippen molar-refractivity contribution >= 4 is 5.97 Å². The molecule has 0 aliphatic rings. The number of hydrogen-bond acceptors (Lipinski definition) is 2. The zero-order chi connectivity index (χ0) is 11.7. The van der Waals surface area contributed by atoms with Crippen LogP contribution in [0.3, 0.4) is 0 Å². The summed E-state index contributed by atoms with van der Waals surface area (Å²) < 4.78 is 39.6. The van der Waals surface area contributed by atoms with Crippen molar-refractivity contribution < 1.29 is 22.7 Å². The molecule has 88 valence electrons. The van der Waals surface area contributed by atoms with Crippen molar-refractivity contribution in [1.29, 1.82) is 0 Å². The molecule has 5 heteroatoms. The number of rotatable bonds is 7. The summed E-state index contributed by atoms with van der Waals surface area (Å²) in [5.41, 5.74) is 0. The van der Waals surface area contributed by atoms with E-state index in [1.165, 1.54) is 0 Å². The first kappa shape index (κ1) is 14.0. The highest BCUT2D eigenvalue weighted by Gasteiger charge is 2.16. The second-order valence-electron chi connectivity index (χ2n) is 3.12. The Balaban J connectivity index is 3.52. The van der Waals surface area contributed by atoms with Crippen molar-refractivity contribution in [2.24, 2.45) is 0 Å². The predicted octanol–water partition coefficient (Wildman–Crippen LogP) is 3.58. The lowest BCUT2D eigenvalue weighted by molar-refractivity contribution is -0.141. The van der Waals surface area contributed by atoms with E-state index in [2.05, 4.69) is 11.7 Å². The van der Waals surface area contributed by atoms with Crippen LogP contribution in [0.15, 0.2) is 11.9 Å². The zero-order valence-corrected chi connectivity index (χ0v) is 8.69. The minimum absolute atomic E-state index is 0.0107. The molecule has 0 heterocycles. The maximum absolute atomic E-state index is 12.2. The molecule has 0 saturated carbocycles. The van der Waals surface area contributed by atoms with Crippen LogP contribution >= 0.6 is 0 Å². The van der Waals surface area contributed by atoms with Gasteiger partial charge in [0.1, 0.15) is 0 Å². The monoisotopic (exact) mass is 224 g/mol. The van der Waals surface area contributed by atoms with Crippen molar-refractivity contribution in [2.45, 2.75) is 39.0 Å². The molecule has 0 aromatic heterocycles. The Labute approximate surface area is 87.1 Å². The van der Waals surface area contributed by atoms with Gasteiger partial charge in [0.15, 0.2) is 0 Å². The highest BCUT2D eigenvalue weighted by Crippen LogP contribution is 2.11. The highest BCUT2D eigenvalue weighted by molar-refractivity contribution is 5.86. The number of unbranched alkanes of at least 4 members (excludes halogenated alkanes) is 4. The van der Waals surface area contributed by atoms with Gasteiger partial charge in [0.05, 0.1) is 6.61 Å². The van der Waals surface area contributed by atoms with E-state index in [1.54, 1.807) is 0 Å². The van der Waals surface area contributed by atoms with E-state index in [0.29, 0.717) is 6.42 Å². The summed E-state index contributed by atoms with van der Waals surface area (Å²) in [5, 5.41) is 0. The van der Waals surface area contributed by atoms with Crippen LogP contribution in [0, 0.1) is 0 Å². The molecule has 0 aromatic rings. The highest BCUT2D eigenvalue weighted by atomic mass is 19.3. The minimum Gasteiger partial charge on any atom is -0.460 e. The van der Waals surface area contributed by atoms with Crippen molar-refractivity contribution in [1.82, 2.24) is 0 Å². The van der Waals surface area contributed by atoms with Gasteiger partial charge >= 0.3 is 12.0 Å². The molecule has 0 aliphatic carbocycles. The summed E-state index contributed by atoms with van der Waals surface area (Å²) in [6.45, 7) is 2.05. The Bertz CT molecular complexity index is 223. The molecule has 0 aromatic carbocycles. The molecule has 2 nitrogen and oxygen atoms in total. The number of carbonyl (C=O) groups is 1. The van der Waals surface area contributed by atoms with Crippen molar-refractivity contribution in [3.8, 4) is 0 Å². The number of esters is 1. The van der Waals surface area contributed by atoms with Crippen molar-refractivity contribution in [3.63, 3.8) is 0 Å². The largest absolute Gasteiger partial charge is 0.460 e. The standard InChI is InChI=1S/C10H15F3O2/c1-2-3-4-5-6-7-15-10(14)8(11)9(12)13/h2-7H2,1H3. The first-order chi connectivity index (χ1) is 7.09. The van der Waals surface area contributed by atoms with E-state index >= 15 is 0 Å². The van der Waals surface area contributed by atoms with Crippen molar-refractivity contribution in [3.05, 3.63) is 11.9 Å². The van der Waals surface area contributed by atoms with E-state index in [-0.39, 0.29) is 6.61 Å². The number of carbonyl (C=O) groups excluding carboxylic acids is 1. The third-order valence-corrected chi connectivity index (χ3v) is 1.83. The minimum atomic E-state index is -2.63. The molecular formula is C10H15F3O2. The molecular weight excluding hydrogens is 209 g/mol. The Kier molecular flexibility index (Phi) is 7.77. The van der Waals surface area contributed by atoms with Crippen LogP contribution in [0.25, 0.3) is 0 Å². The van der Waals surface area contributed by atoms with Crippen LogP contribution in [0.2, 0.25) is 0 Å². The molecule has 0 spiro atoms. The van der Waals surface area contributed by atoms with Gasteiger partial charge in [-0.1, -0.05) is 32.6 Å². The quantitative estimate of drug-likeness (QED) is 0.375. The van der Waals surface area contributed by atoms with Crippen LogP contribution in [0.5, 0.6) is 0 Å². The molecule has 0 fully saturated rings. The number of ether oxygens (including phenoxy) is 1. The fourth-order valence-corrected chi connectivity index (χ4v) is 1.01. The summed E-state index contributed by atoms with van der Waals surface area (Å²) in [5.74, 6) is -3.67. The zero-order valence-electron chi connectivity index (χ0n) is 8.69. The Hall–Kier alpha value is -1.00. The van der Waals surface area contributed by atoms with Crippen LogP contribution < -0.4 is 0 Å². The average Bonchev–Trinajstić information content (AvgIpc) is 2.21. The molecule has 0 N–H and O–H groups in total. The summed E-state index contributed by atoms with van der Waals surface area (Å²) in [4.78, 5) is 10.5. The van der Waals surface area contributed by atoms with Gasteiger partial charge < -0.3 is 4.74 Å². The van der Waals surface area contributed by atoms with Crippen LogP contribution in [0.4, 0.5) is 13.2 Å². The second-order valence-corrected chi connectivity index (χ2v) is 3.12. The lowest BCUT2D eigenvalue weighted by Crippen LogP contribution is -2.06. The molecule has 0 aliphatic heterocycles. The third kappa shape index (κ3) is 6.99. The van der Waals surface area contributed by atoms with E-state index in [0.717, 1.165) is 25.7 Å². The second kappa shape index (κ2) is 8.32. The fraction of sp³-hybridized carbons (Fsp3) is 0.700. The average molecular weight is 224 g/mol. The van der Waals surface area contributed by atoms with E-state index in [9.17, 15) is 18.0 Å². The number of hydrogen-bond donors (Lipinski definition) is 0. The van der Waals surface area contributed by atoms with Crippen LogP contribution in [-0.4, -0.2) is 12.6 Å². The van der Waals surface area contributed by atoms with Gasteiger partial charge in [0.2, 0.25) is 0 Å². The van der Waals surface area contributed by atoms with E-state index in [4.69, 9.17) is 0 Å². The van der Waals surface area contributed by atoms with E-state index < -0.39 is 17.9 Å². The maximum atomic E-state index is 12.2. The molecule has 15 heavy (non-hydrogen) atoms. The van der Waals surface area contributed by atoms with Gasteiger partial charge in [0.25, 0.3) is 5.83 Å². The summed E-state index contributed by atoms with van der Waals surface area (Å²) in [6.07, 6.45) is 1.97. The first-order valence-electron chi connectivity index (χ1n) is 4.97. The molecule has 0 rings (SSSR count). The Morgan fingerprint density at radius 1 is 1.07 bits per heavy atom. The lowest BCUT2D eigenvalue weighted by atomic mass is 10.2. The van der Waals surface area contributed by atoms with Gasteiger partial charge in [-0.05, 0) is 6.42 Å². The molecule has 0 saturated heterocycles. The normalized spacial score (nSPS) is 9.87. The van der Waals surface area contributed by atoms with Gasteiger partial charge in [-0.25, -0.2) is 4.79 Å². The van der Waals surface area contributed by atoms with Crippen LogP contribution in [-0.2, 0) is 9.53 Å². The molecule has 0 atom stereocenters. The summed E-state index contributed by atoms with van der Waals surface area (Å²) in [7, 11) is 0. The smallest absolute Gasteiger partial charge is 0.372 e. The topological polar surface area (TPSA) is 26.3 Å². The fourth-order valence-electron chi connectivity index (χ4n) is 1.01. The Morgan fingerprint density at radius 3 is 2.20 bits per heavy atom. The molecule has 0 unspecified atom stereocenters. The van der Waals surface area contributed by atoms with Gasteiger partial charge in [-0.15, -0.1) is 0 Å². The first-order valence-corrected chi connectivity index (χ1v) is 4.97.